The van der Waals surface area contributed by atoms with Crippen molar-refractivity contribution in [3.63, 3.8) is 0 Å². The minimum absolute atomic E-state index is 0.263. The Morgan fingerprint density at radius 1 is 0.931 bits per heavy atom. The second-order valence-corrected chi connectivity index (χ2v) is 5.79. The number of hydrogen-bond acceptors (Lipinski definition) is 7. The minimum Gasteiger partial charge on any atom is -0.497 e. The van der Waals surface area contributed by atoms with Crippen LogP contribution in [-0.2, 0) is 9.53 Å². The highest BCUT2D eigenvalue weighted by atomic mass is 16.5. The number of amides is 1. The van der Waals surface area contributed by atoms with Gasteiger partial charge in [0.2, 0.25) is 5.78 Å². The van der Waals surface area contributed by atoms with Gasteiger partial charge in [-0.15, -0.1) is 0 Å². The van der Waals surface area contributed by atoms with Crippen LogP contribution in [0.25, 0.3) is 0 Å². The largest absolute Gasteiger partial charge is 0.497 e. The number of hydrogen-bond donors (Lipinski definition) is 1. The van der Waals surface area contributed by atoms with Gasteiger partial charge in [0.1, 0.15) is 23.8 Å². The van der Waals surface area contributed by atoms with Crippen LogP contribution in [0.1, 0.15) is 27.6 Å². The molecule has 0 bridgehead atoms. The van der Waals surface area contributed by atoms with Gasteiger partial charge < -0.3 is 24.3 Å². The number of benzene rings is 2. The molecule has 0 heterocycles. The number of methoxy groups -OCH3 is 2. The quantitative estimate of drug-likeness (QED) is 0.481. The number of nitrogens with one attached hydrogen (secondary N) is 1. The van der Waals surface area contributed by atoms with Gasteiger partial charge in [0.05, 0.1) is 26.4 Å². The molecule has 29 heavy (non-hydrogen) atoms. The zero-order valence-corrected chi connectivity index (χ0v) is 16.5. The highest BCUT2D eigenvalue weighted by Gasteiger charge is 2.16. The summed E-state index contributed by atoms with van der Waals surface area (Å²) in [4.78, 5) is 36.2. The molecule has 0 fully saturated rings. The van der Waals surface area contributed by atoms with Crippen LogP contribution in [0.4, 0.5) is 0 Å². The summed E-state index contributed by atoms with van der Waals surface area (Å²) < 4.78 is 20.5. The lowest BCUT2D eigenvalue weighted by molar-refractivity contribution is -0.141. The third kappa shape index (κ3) is 6.24. The number of ether oxygens (including phenoxy) is 4. The van der Waals surface area contributed by atoms with Crippen LogP contribution in [0.15, 0.2) is 42.5 Å². The zero-order chi connectivity index (χ0) is 21.2. The van der Waals surface area contributed by atoms with Crippen molar-refractivity contribution in [3.8, 4) is 17.2 Å². The van der Waals surface area contributed by atoms with Crippen LogP contribution < -0.4 is 19.5 Å². The maximum atomic E-state index is 12.3. The van der Waals surface area contributed by atoms with Gasteiger partial charge in [-0.2, -0.15) is 0 Å². The first-order valence-electron chi connectivity index (χ1n) is 8.90. The van der Waals surface area contributed by atoms with Crippen LogP contribution in [0.3, 0.4) is 0 Å². The second kappa shape index (κ2) is 10.7. The van der Waals surface area contributed by atoms with E-state index in [-0.39, 0.29) is 12.1 Å². The van der Waals surface area contributed by atoms with Gasteiger partial charge in [0.25, 0.3) is 5.91 Å². The summed E-state index contributed by atoms with van der Waals surface area (Å²) in [6.07, 6.45) is 0. The van der Waals surface area contributed by atoms with Gasteiger partial charge in [-0.25, -0.2) is 0 Å². The van der Waals surface area contributed by atoms with E-state index < -0.39 is 24.3 Å². The SMILES string of the molecule is CCOc1ccc(C(=O)NCC(=O)OCC(=O)c2ccc(OC)cc2OC)cc1. The molecule has 0 saturated carbocycles. The van der Waals surface area contributed by atoms with E-state index in [4.69, 9.17) is 18.9 Å². The molecule has 0 unspecified atom stereocenters. The number of rotatable bonds is 10. The number of carbonyl (C=O) groups is 3. The maximum Gasteiger partial charge on any atom is 0.325 e. The molecule has 8 heteroatoms. The first-order valence-corrected chi connectivity index (χ1v) is 8.90. The first-order chi connectivity index (χ1) is 14.0. The lowest BCUT2D eigenvalue weighted by Gasteiger charge is -2.10. The Balaban J connectivity index is 1.83. The summed E-state index contributed by atoms with van der Waals surface area (Å²) in [6, 6.07) is 11.2. The van der Waals surface area contributed by atoms with Crippen LogP contribution in [0.5, 0.6) is 17.2 Å². The molecule has 0 aliphatic heterocycles. The summed E-state index contributed by atoms with van der Waals surface area (Å²) in [5.41, 5.74) is 0.639. The van der Waals surface area contributed by atoms with Crippen molar-refractivity contribution in [2.24, 2.45) is 0 Å². The standard InChI is InChI=1S/C21H23NO7/c1-4-28-15-7-5-14(6-8-15)21(25)22-12-20(24)29-13-18(23)17-10-9-16(26-2)11-19(17)27-3/h5-11H,4,12-13H2,1-3H3,(H,22,25). The molecule has 2 rings (SSSR count). The van der Waals surface area contributed by atoms with Crippen molar-refractivity contribution in [1.29, 1.82) is 0 Å². The monoisotopic (exact) mass is 401 g/mol. The van der Waals surface area contributed by atoms with Gasteiger partial charge in [-0.05, 0) is 43.3 Å². The molecule has 0 radical (unpaired) electrons. The molecule has 1 amide bonds. The number of Topliss-reactive ketones (excluding diaryl/α,β-unsaturated/α-hetero) is 1. The molecule has 8 nitrogen and oxygen atoms in total. The molecule has 0 saturated heterocycles. The van der Waals surface area contributed by atoms with Gasteiger partial charge in [-0.1, -0.05) is 0 Å². The Labute approximate surface area is 168 Å². The van der Waals surface area contributed by atoms with Crippen molar-refractivity contribution in [3.05, 3.63) is 53.6 Å². The molecule has 0 aromatic heterocycles. The minimum atomic E-state index is -0.731. The van der Waals surface area contributed by atoms with Crippen molar-refractivity contribution < 1.29 is 33.3 Å². The second-order valence-electron chi connectivity index (χ2n) is 5.79. The van der Waals surface area contributed by atoms with Crippen LogP contribution in [0, 0.1) is 0 Å². The topological polar surface area (TPSA) is 100 Å². The van der Waals surface area contributed by atoms with E-state index in [0.29, 0.717) is 29.4 Å². The lowest BCUT2D eigenvalue weighted by atomic mass is 10.1. The van der Waals surface area contributed by atoms with Gasteiger partial charge >= 0.3 is 5.97 Å². The Morgan fingerprint density at radius 3 is 2.24 bits per heavy atom. The predicted molar refractivity (Wildman–Crippen MR) is 105 cm³/mol. The summed E-state index contributed by atoms with van der Waals surface area (Å²) >= 11 is 0. The molecule has 1 N–H and O–H groups in total. The molecule has 2 aromatic rings. The molecule has 154 valence electrons. The molecular weight excluding hydrogens is 378 g/mol. The summed E-state index contributed by atoms with van der Waals surface area (Å²) in [7, 11) is 2.92. The Morgan fingerprint density at radius 2 is 1.62 bits per heavy atom. The van der Waals surface area contributed by atoms with Crippen LogP contribution >= 0.6 is 0 Å². The summed E-state index contributed by atoms with van der Waals surface area (Å²) in [5, 5.41) is 2.44. The number of carbonyl (C=O) groups excluding carboxylic acids is 3. The first kappa shape index (κ1) is 21.7. The average Bonchev–Trinajstić information content (AvgIpc) is 2.75. The molecule has 2 aromatic carbocycles. The van der Waals surface area contributed by atoms with Crippen molar-refractivity contribution in [1.82, 2.24) is 5.32 Å². The fourth-order valence-electron chi connectivity index (χ4n) is 2.43. The predicted octanol–water partition coefficient (Wildman–Crippen LogP) is 2.26. The fraction of sp³-hybridized carbons (Fsp3) is 0.286. The highest BCUT2D eigenvalue weighted by Crippen LogP contribution is 2.24. The normalized spacial score (nSPS) is 10.0. The van der Waals surface area contributed by atoms with E-state index in [0.717, 1.165) is 0 Å². The smallest absolute Gasteiger partial charge is 0.325 e. The van der Waals surface area contributed by atoms with E-state index >= 15 is 0 Å². The average molecular weight is 401 g/mol. The molecule has 0 aliphatic rings. The van der Waals surface area contributed by atoms with E-state index in [2.05, 4.69) is 5.32 Å². The fourth-order valence-corrected chi connectivity index (χ4v) is 2.43. The van der Waals surface area contributed by atoms with E-state index in [1.807, 2.05) is 6.92 Å². The van der Waals surface area contributed by atoms with Crippen molar-refractivity contribution >= 4 is 17.7 Å². The molecule has 0 atom stereocenters. The third-order valence-electron chi connectivity index (χ3n) is 3.89. The number of esters is 1. The van der Waals surface area contributed by atoms with E-state index in [1.54, 1.807) is 36.4 Å². The molecule has 0 spiro atoms. The third-order valence-corrected chi connectivity index (χ3v) is 3.89. The van der Waals surface area contributed by atoms with Crippen LogP contribution in [0.2, 0.25) is 0 Å². The van der Waals surface area contributed by atoms with Gasteiger partial charge in [0.15, 0.2) is 6.61 Å². The summed E-state index contributed by atoms with van der Waals surface area (Å²) in [5.74, 6) is -0.105. The Hall–Kier alpha value is -3.55. The maximum absolute atomic E-state index is 12.3. The Kier molecular flexibility index (Phi) is 8.02. The van der Waals surface area contributed by atoms with Crippen molar-refractivity contribution in [2.75, 3.05) is 34.0 Å². The van der Waals surface area contributed by atoms with Crippen LogP contribution in [-0.4, -0.2) is 51.6 Å². The van der Waals surface area contributed by atoms with Crippen molar-refractivity contribution in [2.45, 2.75) is 6.92 Å². The molecular formula is C21H23NO7. The zero-order valence-electron chi connectivity index (χ0n) is 16.5. The van der Waals surface area contributed by atoms with E-state index in [1.165, 1.54) is 20.3 Å². The van der Waals surface area contributed by atoms with Gasteiger partial charge in [0, 0.05) is 11.6 Å². The number of ketones is 1. The Bertz CT molecular complexity index is 862. The lowest BCUT2D eigenvalue weighted by Crippen LogP contribution is -2.31. The molecule has 0 aliphatic carbocycles. The summed E-state index contributed by atoms with van der Waals surface area (Å²) in [6.45, 7) is 1.56. The van der Waals surface area contributed by atoms with Gasteiger partial charge in [-0.3, -0.25) is 14.4 Å². The van der Waals surface area contributed by atoms with E-state index in [9.17, 15) is 14.4 Å². The highest BCUT2D eigenvalue weighted by molar-refractivity contribution is 6.01.